The van der Waals surface area contributed by atoms with Crippen LogP contribution in [0.2, 0.25) is 0 Å². The molecule has 1 saturated carbocycles. The lowest BCUT2D eigenvalue weighted by Gasteiger charge is -2.44. The SMILES string of the molecule is Cc1nc(N[C@H](C)c2cccc(C(F)F)c2F)c2cn(C3(CF)CC3)c(=O)c(C3(O)CCN(C4COC4)CC3)c2n1. The average Bonchev–Trinajstić information content (AvgIpc) is 3.69. The van der Waals surface area contributed by atoms with E-state index < -0.39 is 47.2 Å². The zero-order valence-corrected chi connectivity index (χ0v) is 23.0. The summed E-state index contributed by atoms with van der Waals surface area (Å²) in [5.74, 6) is -0.478. The smallest absolute Gasteiger partial charge is 0.266 e. The first kappa shape index (κ1) is 28.0. The zero-order valence-electron chi connectivity index (χ0n) is 23.0. The Hall–Kier alpha value is -3.09. The first-order valence-electron chi connectivity index (χ1n) is 13.9. The fourth-order valence-electron chi connectivity index (χ4n) is 6.07. The molecule has 0 radical (unpaired) electrons. The Kier molecular flexibility index (Phi) is 7.06. The Morgan fingerprint density at radius 3 is 2.41 bits per heavy atom. The first-order chi connectivity index (χ1) is 19.6. The van der Waals surface area contributed by atoms with E-state index in [2.05, 4.69) is 20.2 Å². The third-order valence-electron chi connectivity index (χ3n) is 8.91. The number of piperidine rings is 1. The highest BCUT2D eigenvalue weighted by Crippen LogP contribution is 2.45. The van der Waals surface area contributed by atoms with Crippen molar-refractivity contribution in [3.8, 4) is 0 Å². The minimum atomic E-state index is -2.97. The van der Waals surface area contributed by atoms with Crippen LogP contribution in [-0.4, -0.2) is 63.6 Å². The Balaban J connectivity index is 1.47. The number of nitrogens with zero attached hydrogens (tertiary/aromatic N) is 4. The highest BCUT2D eigenvalue weighted by Gasteiger charge is 2.48. The maximum absolute atomic E-state index is 15.0. The van der Waals surface area contributed by atoms with Crippen LogP contribution in [0, 0.1) is 12.7 Å². The van der Waals surface area contributed by atoms with Gasteiger partial charge in [-0.2, -0.15) is 0 Å². The Morgan fingerprint density at radius 2 is 1.83 bits per heavy atom. The number of ether oxygens (including phenoxy) is 1. The second-order valence-electron chi connectivity index (χ2n) is 11.6. The van der Waals surface area contributed by atoms with Crippen LogP contribution in [0.4, 0.5) is 23.4 Å². The number of rotatable bonds is 8. The van der Waals surface area contributed by atoms with Crippen LogP contribution in [0.3, 0.4) is 0 Å². The van der Waals surface area contributed by atoms with Crippen molar-refractivity contribution < 1.29 is 27.4 Å². The summed E-state index contributed by atoms with van der Waals surface area (Å²) < 4.78 is 62.7. The number of hydrogen-bond donors (Lipinski definition) is 2. The fraction of sp³-hybridized carbons (Fsp3) is 0.552. The van der Waals surface area contributed by atoms with E-state index in [1.807, 2.05) is 0 Å². The van der Waals surface area contributed by atoms with E-state index in [0.717, 1.165) is 6.07 Å². The highest BCUT2D eigenvalue weighted by atomic mass is 19.3. The summed E-state index contributed by atoms with van der Waals surface area (Å²) >= 11 is 0. The van der Waals surface area contributed by atoms with Gasteiger partial charge in [-0.1, -0.05) is 18.2 Å². The van der Waals surface area contributed by atoms with Gasteiger partial charge in [-0.25, -0.2) is 27.5 Å². The lowest BCUT2D eigenvalue weighted by molar-refractivity contribution is -0.101. The molecule has 0 spiro atoms. The van der Waals surface area contributed by atoms with Crippen LogP contribution in [0.25, 0.3) is 10.9 Å². The summed E-state index contributed by atoms with van der Waals surface area (Å²) in [7, 11) is 0. The molecule has 4 heterocycles. The quantitative estimate of drug-likeness (QED) is 0.383. The van der Waals surface area contributed by atoms with E-state index in [9.17, 15) is 27.5 Å². The molecule has 41 heavy (non-hydrogen) atoms. The molecule has 2 saturated heterocycles. The highest BCUT2D eigenvalue weighted by molar-refractivity contribution is 5.91. The van der Waals surface area contributed by atoms with Crippen molar-refractivity contribution in [2.45, 2.75) is 69.2 Å². The van der Waals surface area contributed by atoms with Gasteiger partial charge in [-0.05, 0) is 39.5 Å². The van der Waals surface area contributed by atoms with Crippen molar-refractivity contribution in [1.29, 1.82) is 0 Å². The molecule has 0 amide bonds. The Bertz CT molecular complexity index is 1530. The van der Waals surface area contributed by atoms with Gasteiger partial charge >= 0.3 is 0 Å². The number of alkyl halides is 3. The van der Waals surface area contributed by atoms with Crippen molar-refractivity contribution in [2.75, 3.05) is 38.3 Å². The molecule has 12 heteroatoms. The third-order valence-corrected chi connectivity index (χ3v) is 8.91. The molecule has 220 valence electrons. The zero-order chi connectivity index (χ0) is 29.1. The number of aromatic nitrogens is 3. The number of hydrogen-bond acceptors (Lipinski definition) is 7. The molecule has 1 atom stereocenters. The lowest BCUT2D eigenvalue weighted by Crippen LogP contribution is -2.55. The standard InChI is InChI=1S/C29H33F4N5O3/c1-16(19-4-3-5-20(23(19)31)25(32)33)34-26-21-12-38(28(15-30)6-7-28)27(39)22(24(21)35-17(2)36-26)29(40)8-10-37(11-9-29)18-13-41-14-18/h3-5,12,16,18,25,40H,6-11,13-15H2,1-2H3,(H,34,35,36)/t16-/m1/s1. The van der Waals surface area contributed by atoms with Crippen molar-refractivity contribution in [3.05, 3.63) is 63.1 Å². The molecule has 1 aliphatic carbocycles. The van der Waals surface area contributed by atoms with Crippen LogP contribution >= 0.6 is 0 Å². The lowest BCUT2D eigenvalue weighted by atomic mass is 9.83. The van der Waals surface area contributed by atoms with E-state index in [-0.39, 0.29) is 41.3 Å². The van der Waals surface area contributed by atoms with E-state index in [1.54, 1.807) is 13.8 Å². The molecule has 3 fully saturated rings. The third kappa shape index (κ3) is 4.79. The van der Waals surface area contributed by atoms with Gasteiger partial charge < -0.3 is 19.7 Å². The number of halogens is 4. The van der Waals surface area contributed by atoms with Crippen LogP contribution < -0.4 is 10.9 Å². The molecular weight excluding hydrogens is 542 g/mol. The topological polar surface area (TPSA) is 92.5 Å². The average molecular weight is 576 g/mol. The molecule has 0 unspecified atom stereocenters. The molecular formula is C29H33F4N5O3. The van der Waals surface area contributed by atoms with Gasteiger partial charge in [0.2, 0.25) is 0 Å². The largest absolute Gasteiger partial charge is 0.385 e. The van der Waals surface area contributed by atoms with Gasteiger partial charge in [0.15, 0.2) is 0 Å². The fourth-order valence-corrected chi connectivity index (χ4v) is 6.07. The van der Waals surface area contributed by atoms with Gasteiger partial charge in [-0.3, -0.25) is 9.69 Å². The van der Waals surface area contributed by atoms with Crippen molar-refractivity contribution >= 4 is 16.7 Å². The molecule has 2 aromatic heterocycles. The number of aliphatic hydroxyl groups is 1. The number of anilines is 1. The second-order valence-corrected chi connectivity index (χ2v) is 11.6. The minimum Gasteiger partial charge on any atom is -0.385 e. The minimum absolute atomic E-state index is 0.0224. The monoisotopic (exact) mass is 575 g/mol. The molecule has 2 aliphatic heterocycles. The maximum Gasteiger partial charge on any atom is 0.266 e. The molecule has 6 rings (SSSR count). The van der Waals surface area contributed by atoms with Crippen molar-refractivity contribution in [3.63, 3.8) is 0 Å². The summed E-state index contributed by atoms with van der Waals surface area (Å²) in [5.41, 5.74) is -3.33. The number of nitrogens with one attached hydrogen (secondary N) is 1. The maximum atomic E-state index is 15.0. The molecule has 3 aliphatic rings. The predicted octanol–water partition coefficient (Wildman–Crippen LogP) is 4.49. The summed E-state index contributed by atoms with van der Waals surface area (Å²) in [4.78, 5) is 25.4. The number of aryl methyl sites for hydroxylation is 1. The van der Waals surface area contributed by atoms with E-state index in [0.29, 0.717) is 50.4 Å². The van der Waals surface area contributed by atoms with Crippen LogP contribution in [0.5, 0.6) is 0 Å². The van der Waals surface area contributed by atoms with Crippen LogP contribution in [0.1, 0.15) is 67.6 Å². The number of fused-ring (bicyclic) bond motifs is 1. The summed E-state index contributed by atoms with van der Waals surface area (Å²) in [6, 6.07) is 3.33. The predicted molar refractivity (Wildman–Crippen MR) is 144 cm³/mol. The van der Waals surface area contributed by atoms with Crippen molar-refractivity contribution in [1.82, 2.24) is 19.4 Å². The van der Waals surface area contributed by atoms with E-state index in [4.69, 9.17) is 4.74 Å². The van der Waals surface area contributed by atoms with Gasteiger partial charge in [0.05, 0.1) is 58.5 Å². The molecule has 1 aromatic carbocycles. The van der Waals surface area contributed by atoms with Gasteiger partial charge in [0.1, 0.15) is 24.1 Å². The Morgan fingerprint density at radius 1 is 1.15 bits per heavy atom. The number of benzene rings is 1. The van der Waals surface area contributed by atoms with Gasteiger partial charge in [0, 0.05) is 24.8 Å². The normalized spacial score (nSPS) is 21.2. The van der Waals surface area contributed by atoms with E-state index in [1.165, 1.54) is 22.9 Å². The second kappa shape index (κ2) is 10.3. The molecule has 8 nitrogen and oxygen atoms in total. The van der Waals surface area contributed by atoms with Crippen molar-refractivity contribution in [2.24, 2.45) is 0 Å². The molecule has 3 aromatic rings. The summed E-state index contributed by atoms with van der Waals surface area (Å²) in [6.07, 6.45) is 0.0567. The summed E-state index contributed by atoms with van der Waals surface area (Å²) in [6.45, 7) is 4.89. The van der Waals surface area contributed by atoms with Crippen LogP contribution in [0.15, 0.2) is 29.2 Å². The number of pyridine rings is 1. The van der Waals surface area contributed by atoms with Crippen LogP contribution in [-0.2, 0) is 15.9 Å². The molecule has 0 bridgehead atoms. The van der Waals surface area contributed by atoms with E-state index >= 15 is 0 Å². The molecule has 2 N–H and O–H groups in total. The Labute approximate surface area is 234 Å². The number of likely N-dealkylation sites (tertiary alicyclic amines) is 1. The van der Waals surface area contributed by atoms with Gasteiger partial charge in [-0.15, -0.1) is 0 Å². The summed E-state index contributed by atoms with van der Waals surface area (Å²) in [5, 5.41) is 15.5. The van der Waals surface area contributed by atoms with Gasteiger partial charge in [0.25, 0.3) is 12.0 Å². The first-order valence-corrected chi connectivity index (χ1v) is 13.9.